The molecule has 0 saturated carbocycles. The average Bonchev–Trinajstić information content (AvgIpc) is 2.11. The van der Waals surface area contributed by atoms with Gasteiger partial charge in [0.05, 0.1) is 11.8 Å². The Hall–Kier alpha value is -1.32. The van der Waals surface area contributed by atoms with E-state index in [0.717, 1.165) is 0 Å². The van der Waals surface area contributed by atoms with Gasteiger partial charge in [-0.05, 0) is 40.0 Å². The van der Waals surface area contributed by atoms with E-state index in [1.165, 1.54) is 27.7 Å². The molecule has 0 heterocycles. The molecule has 0 rings (SSSR count). The van der Waals surface area contributed by atoms with Gasteiger partial charge in [-0.2, -0.15) is 0 Å². The van der Waals surface area contributed by atoms with Gasteiger partial charge >= 0.3 is 0 Å². The van der Waals surface area contributed by atoms with E-state index in [1.54, 1.807) is 6.92 Å². The highest BCUT2D eigenvalue weighted by Gasteiger charge is 2.31. The predicted molar refractivity (Wildman–Crippen MR) is 63.2 cm³/mol. The molecular weight excluding hydrogens is 220 g/mol. The Balaban J connectivity index is 4.86. The maximum absolute atomic E-state index is 11.3. The number of carbonyl (C=O) groups excluding carboxylic acids is 4. The zero-order valence-electron chi connectivity index (χ0n) is 11.0. The van der Waals surface area contributed by atoms with Crippen LogP contribution < -0.4 is 0 Å². The molecule has 0 aliphatic rings. The van der Waals surface area contributed by atoms with Gasteiger partial charge in [-0.1, -0.05) is 6.92 Å². The van der Waals surface area contributed by atoms with Gasteiger partial charge in [-0.3, -0.25) is 19.2 Å². The molecule has 0 fully saturated rings. The van der Waals surface area contributed by atoms with Crippen LogP contribution in [0.3, 0.4) is 0 Å². The van der Waals surface area contributed by atoms with E-state index in [9.17, 15) is 19.2 Å². The Bertz CT molecular complexity index is 315. The second kappa shape index (κ2) is 6.42. The molecular formula is C13H19O4. The number of hydrogen-bond donors (Lipinski definition) is 0. The third-order valence-corrected chi connectivity index (χ3v) is 2.81. The lowest BCUT2D eigenvalue weighted by molar-refractivity contribution is -0.133. The third kappa shape index (κ3) is 4.59. The first kappa shape index (κ1) is 15.7. The summed E-state index contributed by atoms with van der Waals surface area (Å²) in [5.74, 6) is -1.92. The molecule has 0 aromatic rings. The van der Waals surface area contributed by atoms with Gasteiger partial charge in [0.1, 0.15) is 23.1 Å². The van der Waals surface area contributed by atoms with E-state index in [-0.39, 0.29) is 29.6 Å². The van der Waals surface area contributed by atoms with Crippen molar-refractivity contribution in [1.29, 1.82) is 0 Å². The van der Waals surface area contributed by atoms with Gasteiger partial charge in [-0.15, -0.1) is 0 Å². The summed E-state index contributed by atoms with van der Waals surface area (Å²) in [6.45, 7) is 7.01. The van der Waals surface area contributed by atoms with Crippen molar-refractivity contribution >= 4 is 23.1 Å². The minimum Gasteiger partial charge on any atom is -0.299 e. The van der Waals surface area contributed by atoms with Crippen molar-refractivity contribution in [3.63, 3.8) is 0 Å². The molecule has 0 N–H and O–H groups in total. The summed E-state index contributed by atoms with van der Waals surface area (Å²) < 4.78 is 0. The van der Waals surface area contributed by atoms with E-state index in [4.69, 9.17) is 0 Å². The van der Waals surface area contributed by atoms with Crippen LogP contribution in [0.2, 0.25) is 0 Å². The Morgan fingerprint density at radius 3 is 1.29 bits per heavy atom. The molecule has 95 valence electrons. The minimum atomic E-state index is -0.795. The molecule has 0 aromatic carbocycles. The van der Waals surface area contributed by atoms with Crippen molar-refractivity contribution in [2.75, 3.05) is 0 Å². The van der Waals surface area contributed by atoms with Crippen LogP contribution in [-0.4, -0.2) is 23.1 Å². The molecule has 0 unspecified atom stereocenters. The Labute approximate surface area is 102 Å². The highest BCUT2D eigenvalue weighted by Crippen LogP contribution is 2.25. The first-order valence-electron chi connectivity index (χ1n) is 5.52. The van der Waals surface area contributed by atoms with Crippen LogP contribution in [0.1, 0.15) is 41.0 Å². The fourth-order valence-corrected chi connectivity index (χ4v) is 1.99. The molecule has 17 heavy (non-hydrogen) atoms. The van der Waals surface area contributed by atoms with Gasteiger partial charge in [0.2, 0.25) is 0 Å². The minimum absolute atomic E-state index is 0.175. The van der Waals surface area contributed by atoms with E-state index >= 15 is 0 Å². The fraction of sp³-hybridized carbons (Fsp3) is 0.615. The highest BCUT2D eigenvalue weighted by molar-refractivity contribution is 6.03. The van der Waals surface area contributed by atoms with Crippen molar-refractivity contribution in [2.24, 2.45) is 11.8 Å². The monoisotopic (exact) mass is 239 g/mol. The molecule has 0 aromatic heterocycles. The van der Waals surface area contributed by atoms with Gasteiger partial charge in [0.15, 0.2) is 0 Å². The van der Waals surface area contributed by atoms with Crippen LogP contribution >= 0.6 is 0 Å². The normalized spacial score (nSPS) is 11.1. The Morgan fingerprint density at radius 1 is 0.706 bits per heavy atom. The van der Waals surface area contributed by atoms with Crippen molar-refractivity contribution in [3.05, 3.63) is 5.92 Å². The van der Waals surface area contributed by atoms with Gasteiger partial charge in [0, 0.05) is 0 Å². The highest BCUT2D eigenvalue weighted by atomic mass is 16.2. The van der Waals surface area contributed by atoms with Crippen LogP contribution in [0.4, 0.5) is 0 Å². The lowest BCUT2D eigenvalue weighted by Gasteiger charge is -2.21. The molecule has 0 aliphatic carbocycles. The smallest absolute Gasteiger partial charge is 0.140 e. The molecule has 1 radical (unpaired) electrons. The summed E-state index contributed by atoms with van der Waals surface area (Å²) in [5.41, 5.74) is 0. The van der Waals surface area contributed by atoms with Crippen LogP contribution in [-0.2, 0) is 19.2 Å². The topological polar surface area (TPSA) is 68.3 Å². The summed E-state index contributed by atoms with van der Waals surface area (Å²) in [6, 6.07) is 0. The van der Waals surface area contributed by atoms with Gasteiger partial charge in [0.25, 0.3) is 0 Å². The number of Topliss-reactive ketones (excluding diaryl/α,β-unsaturated/α-hetero) is 4. The van der Waals surface area contributed by atoms with Crippen LogP contribution in [0, 0.1) is 17.8 Å². The number of hydrogen-bond acceptors (Lipinski definition) is 4. The molecule has 4 heteroatoms. The Morgan fingerprint density at radius 2 is 1.06 bits per heavy atom. The molecule has 0 spiro atoms. The molecule has 0 atom stereocenters. The van der Waals surface area contributed by atoms with Crippen molar-refractivity contribution in [1.82, 2.24) is 0 Å². The van der Waals surface area contributed by atoms with Crippen LogP contribution in [0.5, 0.6) is 0 Å². The van der Waals surface area contributed by atoms with Crippen LogP contribution in [0.15, 0.2) is 0 Å². The molecule has 0 amide bonds. The first-order chi connectivity index (χ1) is 7.68. The summed E-state index contributed by atoms with van der Waals surface area (Å²) in [5, 5.41) is 0. The summed E-state index contributed by atoms with van der Waals surface area (Å²) in [4.78, 5) is 45.2. The van der Waals surface area contributed by atoms with Gasteiger partial charge in [-0.25, -0.2) is 0 Å². The predicted octanol–water partition coefficient (Wildman–Crippen LogP) is 1.56. The molecule has 4 nitrogen and oxygen atoms in total. The standard InChI is InChI=1S/C13H19O4/c1-7(13(10(4)16)11(5)17)6-12(8(2)14)9(3)15/h12-13H,6H2,1-5H3. The van der Waals surface area contributed by atoms with Crippen molar-refractivity contribution < 1.29 is 19.2 Å². The maximum Gasteiger partial charge on any atom is 0.140 e. The van der Waals surface area contributed by atoms with E-state index in [2.05, 4.69) is 0 Å². The zero-order chi connectivity index (χ0) is 13.7. The third-order valence-electron chi connectivity index (χ3n) is 2.81. The summed E-state index contributed by atoms with van der Waals surface area (Å²) in [7, 11) is 0. The van der Waals surface area contributed by atoms with Crippen molar-refractivity contribution in [2.45, 2.75) is 41.0 Å². The van der Waals surface area contributed by atoms with Crippen LogP contribution in [0.25, 0.3) is 0 Å². The fourth-order valence-electron chi connectivity index (χ4n) is 1.99. The van der Waals surface area contributed by atoms with Gasteiger partial charge < -0.3 is 0 Å². The summed E-state index contributed by atoms with van der Waals surface area (Å²) >= 11 is 0. The number of ketones is 4. The molecule has 0 bridgehead atoms. The quantitative estimate of drug-likeness (QED) is 0.632. The number of carbonyl (C=O) groups is 4. The number of rotatable bonds is 7. The average molecular weight is 239 g/mol. The zero-order valence-corrected chi connectivity index (χ0v) is 11.0. The second-order valence-corrected chi connectivity index (χ2v) is 4.48. The van der Waals surface area contributed by atoms with E-state index in [0.29, 0.717) is 5.92 Å². The molecule has 0 aliphatic heterocycles. The first-order valence-corrected chi connectivity index (χ1v) is 5.52. The SMILES string of the molecule is C[C](CC(C(C)=O)C(C)=O)C(C(C)=O)C(C)=O. The van der Waals surface area contributed by atoms with Crippen molar-refractivity contribution in [3.8, 4) is 0 Å². The Kier molecular flexibility index (Phi) is 5.93. The lowest BCUT2D eigenvalue weighted by Crippen LogP contribution is -2.30. The van der Waals surface area contributed by atoms with E-state index in [1.807, 2.05) is 0 Å². The maximum atomic E-state index is 11.3. The van der Waals surface area contributed by atoms with E-state index < -0.39 is 11.8 Å². The lowest BCUT2D eigenvalue weighted by atomic mass is 9.79. The largest absolute Gasteiger partial charge is 0.299 e. The second-order valence-electron chi connectivity index (χ2n) is 4.48. The molecule has 0 saturated heterocycles. The summed E-state index contributed by atoms with van der Waals surface area (Å²) in [6.07, 6.45) is 0.175.